The van der Waals surface area contributed by atoms with Crippen LogP contribution >= 0.6 is 0 Å². The quantitative estimate of drug-likeness (QED) is 0.106. The second kappa shape index (κ2) is 41.5. The van der Waals surface area contributed by atoms with Crippen molar-refractivity contribution in [1.82, 2.24) is 65.5 Å². The second-order valence-corrected chi connectivity index (χ2v) is 30.2. The van der Waals surface area contributed by atoms with E-state index in [-0.39, 0.29) is 56.0 Å². The smallest absolute Gasteiger partial charge is 0.409 e. The Balaban J connectivity index is 2.29. The summed E-state index contributed by atoms with van der Waals surface area (Å²) >= 11 is 0. The monoisotopic (exact) mass is 1430 g/mol. The van der Waals surface area contributed by atoms with Gasteiger partial charge in [-0.1, -0.05) is 95.9 Å². The molecule has 29 nitrogen and oxygen atoms in total. The van der Waals surface area contributed by atoms with Gasteiger partial charge in [-0.3, -0.25) is 62.5 Å². The van der Waals surface area contributed by atoms with Crippen LogP contribution in [0, 0.1) is 35.5 Å². The third-order valence-electron chi connectivity index (χ3n) is 19.9. The first kappa shape index (κ1) is 88.5. The lowest BCUT2D eigenvalue weighted by Gasteiger charge is -2.50. The molecule has 3 heterocycles. The van der Waals surface area contributed by atoms with Gasteiger partial charge in [0.05, 0.1) is 26.4 Å². The van der Waals surface area contributed by atoms with Crippen molar-refractivity contribution in [2.75, 3.05) is 102 Å². The molecule has 0 spiro atoms. The molecule has 3 fully saturated rings. The van der Waals surface area contributed by atoms with Crippen molar-refractivity contribution in [1.29, 1.82) is 0 Å². The molecule has 0 radical (unpaired) electrons. The summed E-state index contributed by atoms with van der Waals surface area (Å²) in [5.74, 6) is -9.57. The SMILES string of the molecule is CC[C@@H]1NC(=O)[C@@H]2[C@@H]([C@H](C)CCCCCN(C)C(=O)OC)ON2C(=O)[C@H](C(C)C)N(C)C(=O)[C@H](CC(C)C)N(C)C(=O)[C@H](CC(C)C)N(C)C(=O)[C@@H](C)NC(=O)[C@H](C)NC(=O)[C@H](CC(C)C)N(C)C(=O)[C@H](C(C)C)NC(=O)[C@H]([C@@H](C)OCCCCN2CCOCC2)N(C)C(=O)[C@@H](C)N(C)C1=O. The van der Waals surface area contributed by atoms with Crippen LogP contribution in [0.25, 0.3) is 0 Å². The van der Waals surface area contributed by atoms with E-state index in [1.54, 1.807) is 48.6 Å². The van der Waals surface area contributed by atoms with Gasteiger partial charge in [0.15, 0.2) is 6.04 Å². The van der Waals surface area contributed by atoms with E-state index in [0.29, 0.717) is 51.9 Å². The van der Waals surface area contributed by atoms with Gasteiger partial charge in [-0.15, -0.1) is 0 Å². The van der Waals surface area contributed by atoms with Gasteiger partial charge in [0, 0.05) is 75.6 Å². The summed E-state index contributed by atoms with van der Waals surface area (Å²) in [5.41, 5.74) is 0. The molecule has 0 aliphatic carbocycles. The van der Waals surface area contributed by atoms with Gasteiger partial charge in [-0.05, 0) is 121 Å². The number of carbonyl (C=O) groups excluding carboxylic acids is 12. The van der Waals surface area contributed by atoms with E-state index >= 15 is 28.8 Å². The lowest BCUT2D eigenvalue weighted by Crippen LogP contribution is -2.72. The molecule has 0 aromatic carbocycles. The topological polar surface area (TPSA) is 319 Å². The van der Waals surface area contributed by atoms with Crippen molar-refractivity contribution < 1.29 is 76.6 Å². The van der Waals surface area contributed by atoms with Gasteiger partial charge in [0.1, 0.15) is 66.5 Å². The predicted molar refractivity (Wildman–Crippen MR) is 383 cm³/mol. The molecule has 3 rings (SSSR count). The van der Waals surface area contributed by atoms with E-state index in [0.717, 1.165) is 31.1 Å². The average Bonchev–Trinajstić information content (AvgIpc) is 0.754. The lowest BCUT2D eigenvalue weighted by molar-refractivity contribution is -0.322. The Morgan fingerprint density at radius 2 is 1.06 bits per heavy atom. The van der Waals surface area contributed by atoms with Crippen LogP contribution in [0.3, 0.4) is 0 Å². The number of methoxy groups -OCH3 is 1. The van der Waals surface area contributed by atoms with Crippen LogP contribution in [0.4, 0.5) is 4.79 Å². The van der Waals surface area contributed by atoms with Gasteiger partial charge in [-0.25, -0.2) is 9.86 Å². The predicted octanol–water partition coefficient (Wildman–Crippen LogP) is 3.74. The minimum Gasteiger partial charge on any atom is -0.453 e. The number of unbranched alkanes of at least 4 members (excludes halogenated alkanes) is 3. The summed E-state index contributed by atoms with van der Waals surface area (Å²) in [6.07, 6.45) is 2.00. The number of morpholine rings is 1. The van der Waals surface area contributed by atoms with Gasteiger partial charge in [0.2, 0.25) is 59.1 Å². The minimum absolute atomic E-state index is 0.0258. The lowest BCUT2D eigenvalue weighted by atomic mass is 9.88. The van der Waals surface area contributed by atoms with Crippen molar-refractivity contribution in [2.45, 2.75) is 254 Å². The van der Waals surface area contributed by atoms with Crippen LogP contribution in [-0.2, 0) is 71.8 Å². The van der Waals surface area contributed by atoms with Crippen LogP contribution in [0.15, 0.2) is 0 Å². The zero-order valence-electron chi connectivity index (χ0n) is 65.5. The molecule has 101 heavy (non-hydrogen) atoms. The highest BCUT2D eigenvalue weighted by Crippen LogP contribution is 2.34. The third-order valence-corrected chi connectivity index (χ3v) is 19.9. The standard InChI is InChI=1S/C72H129N13O16/c1-25-52-67(92)78(18)50(15)66(91)83(23)58(51(16)100-36-30-29-33-84-34-37-99-38-35-84)63(88)76-56(45(8)9)70(95)79(19)53(39-42(2)3)62(87)73-48(13)61(86)74-49(14)65(90)80(20)54(40-43(4)5)68(93)81(21)55(41-44(6)7)69(94)82(22)57(46(10)11)71(96)85-59(64(89)75-52)60(101-85)47(12)31-27-26-28-32-77(17)72(97)98-24/h42-60H,25-41H2,1-24H3,(H,73,87)(H,74,86)(H,75,89)(H,76,88)/t47-,48+,49-,50-,51-,52+,53+,54+,55+,56+,57+,58+,59+,60-/m1/s1. The number of amides is 12. The van der Waals surface area contributed by atoms with E-state index in [9.17, 15) is 28.8 Å². The second-order valence-electron chi connectivity index (χ2n) is 30.2. The maximum atomic E-state index is 15.4. The number of ether oxygens (including phenoxy) is 3. The molecule has 14 atom stereocenters. The molecule has 0 saturated carbocycles. The van der Waals surface area contributed by atoms with Crippen molar-refractivity contribution in [3.8, 4) is 0 Å². The Hall–Kier alpha value is -6.72. The molecule has 3 aliphatic rings. The average molecular weight is 1430 g/mol. The van der Waals surface area contributed by atoms with Crippen molar-refractivity contribution in [2.24, 2.45) is 35.5 Å². The number of carbonyl (C=O) groups is 12. The molecule has 3 saturated heterocycles. The molecule has 0 aromatic heterocycles. The van der Waals surface area contributed by atoms with Crippen molar-refractivity contribution in [3.63, 3.8) is 0 Å². The zero-order valence-corrected chi connectivity index (χ0v) is 65.5. The first-order valence-corrected chi connectivity index (χ1v) is 36.7. The highest BCUT2D eigenvalue weighted by Gasteiger charge is 2.55. The van der Waals surface area contributed by atoms with E-state index < -0.39 is 162 Å². The number of rotatable bonds is 23. The molecule has 578 valence electrons. The zero-order chi connectivity index (χ0) is 76.8. The third kappa shape index (κ3) is 24.7. The van der Waals surface area contributed by atoms with Crippen LogP contribution in [0.2, 0.25) is 0 Å². The number of fused-ring (bicyclic) bond motifs is 1. The van der Waals surface area contributed by atoms with Gasteiger partial charge < -0.3 is 69.8 Å². The maximum Gasteiger partial charge on any atom is 0.409 e. The summed E-state index contributed by atoms with van der Waals surface area (Å²) in [7, 11) is 11.6. The molecule has 0 unspecified atom stereocenters. The maximum absolute atomic E-state index is 15.4. The Morgan fingerprint density at radius 1 is 0.535 bits per heavy atom. The highest BCUT2D eigenvalue weighted by atomic mass is 16.7. The molecule has 4 N–H and O–H groups in total. The number of hydroxylamine groups is 2. The summed E-state index contributed by atoms with van der Waals surface area (Å²) in [5, 5.41) is 12.2. The fraction of sp³-hybridized carbons (Fsp3) is 0.833. The first-order chi connectivity index (χ1) is 47.2. The largest absolute Gasteiger partial charge is 0.453 e. The Morgan fingerprint density at radius 3 is 1.59 bits per heavy atom. The fourth-order valence-corrected chi connectivity index (χ4v) is 13.3. The van der Waals surface area contributed by atoms with E-state index in [1.165, 1.54) is 104 Å². The van der Waals surface area contributed by atoms with E-state index in [1.807, 2.05) is 48.5 Å². The highest BCUT2D eigenvalue weighted by molar-refractivity contribution is 6.00. The van der Waals surface area contributed by atoms with E-state index in [4.69, 9.17) is 19.0 Å². The Labute approximate surface area is 602 Å². The normalized spacial score (nSPS) is 27.3. The van der Waals surface area contributed by atoms with Crippen LogP contribution in [0.5, 0.6) is 0 Å². The Kier molecular flexibility index (Phi) is 36.4. The number of likely N-dealkylation sites (N-methyl/N-ethyl adjacent to an activating group) is 6. The van der Waals surface area contributed by atoms with E-state index in [2.05, 4.69) is 26.2 Å². The summed E-state index contributed by atoms with van der Waals surface area (Å²) in [6, 6.07) is -13.8. The molecular formula is C72H129N13O16. The molecule has 12 amide bonds. The number of hydrogen-bond acceptors (Lipinski definition) is 17. The van der Waals surface area contributed by atoms with Gasteiger partial charge >= 0.3 is 6.09 Å². The van der Waals surface area contributed by atoms with Gasteiger partial charge in [-0.2, -0.15) is 0 Å². The number of nitrogens with zero attached hydrogens (tertiary/aromatic N) is 9. The van der Waals surface area contributed by atoms with Crippen LogP contribution < -0.4 is 21.3 Å². The van der Waals surface area contributed by atoms with Crippen LogP contribution in [0.1, 0.15) is 175 Å². The molecule has 0 aromatic rings. The molecule has 0 bridgehead atoms. The summed E-state index contributed by atoms with van der Waals surface area (Å²) in [4.78, 5) is 194. The van der Waals surface area contributed by atoms with Crippen molar-refractivity contribution >= 4 is 71.1 Å². The number of hydrogen-bond donors (Lipinski definition) is 4. The van der Waals surface area contributed by atoms with Crippen molar-refractivity contribution in [3.05, 3.63) is 0 Å². The Bertz CT molecular complexity index is 2770. The molecular weight excluding hydrogens is 1300 g/mol. The fourth-order valence-electron chi connectivity index (χ4n) is 13.3. The molecule has 29 heteroatoms. The van der Waals surface area contributed by atoms with Crippen LogP contribution in [-0.4, -0.2) is 296 Å². The van der Waals surface area contributed by atoms with Gasteiger partial charge in [0.25, 0.3) is 5.91 Å². The number of nitrogens with one attached hydrogen (secondary N) is 4. The first-order valence-electron chi connectivity index (χ1n) is 36.7. The minimum atomic E-state index is -1.40. The summed E-state index contributed by atoms with van der Waals surface area (Å²) in [6.45, 7) is 32.1. The summed E-state index contributed by atoms with van der Waals surface area (Å²) < 4.78 is 16.7. The molecule has 3 aliphatic heterocycles.